The summed E-state index contributed by atoms with van der Waals surface area (Å²) < 4.78 is 0. The fourth-order valence-electron chi connectivity index (χ4n) is 3.48. The number of likely N-dealkylation sites (tertiary alicyclic amines) is 1. The van der Waals surface area contributed by atoms with Gasteiger partial charge in [-0.15, -0.1) is 21.5 Å². The predicted octanol–water partition coefficient (Wildman–Crippen LogP) is 4.41. The first-order valence-electron chi connectivity index (χ1n) is 10.1. The molecule has 1 aromatic carbocycles. The Balaban J connectivity index is 1.31. The molecule has 1 aliphatic rings. The molecule has 1 aliphatic heterocycles. The fourth-order valence-corrected chi connectivity index (χ4v) is 5.33. The number of piperidine rings is 1. The summed E-state index contributed by atoms with van der Waals surface area (Å²) in [5, 5.41) is 15.5. The van der Waals surface area contributed by atoms with Gasteiger partial charge in [-0.25, -0.2) is 4.98 Å². The lowest BCUT2D eigenvalue weighted by molar-refractivity contribution is -0.131. The van der Waals surface area contributed by atoms with E-state index in [4.69, 9.17) is 11.6 Å². The number of aromatic nitrogens is 3. The summed E-state index contributed by atoms with van der Waals surface area (Å²) in [6.07, 6.45) is 2.77. The number of amides is 2. The second-order valence-corrected chi connectivity index (χ2v) is 9.66. The molecule has 2 aromatic heterocycles. The molecule has 3 aromatic rings. The second kappa shape index (κ2) is 9.84. The van der Waals surface area contributed by atoms with E-state index < -0.39 is 0 Å². The third-order valence-electron chi connectivity index (χ3n) is 5.24. The van der Waals surface area contributed by atoms with Gasteiger partial charge < -0.3 is 4.90 Å². The molecule has 4 rings (SSSR count). The number of halogens is 1. The van der Waals surface area contributed by atoms with Gasteiger partial charge in [-0.2, -0.15) is 0 Å². The molecule has 0 unspecified atom stereocenters. The highest BCUT2D eigenvalue weighted by molar-refractivity contribution is 7.15. The molecule has 7 nitrogen and oxygen atoms in total. The lowest BCUT2D eigenvalue weighted by Crippen LogP contribution is -2.38. The number of hydrogen-bond acceptors (Lipinski definition) is 7. The Bertz CT molecular complexity index is 1080. The summed E-state index contributed by atoms with van der Waals surface area (Å²) in [5.41, 5.74) is 1.25. The predicted molar refractivity (Wildman–Crippen MR) is 123 cm³/mol. The molecule has 1 fully saturated rings. The molecule has 1 N–H and O–H groups in total. The van der Waals surface area contributed by atoms with Gasteiger partial charge in [0.2, 0.25) is 11.0 Å². The van der Waals surface area contributed by atoms with E-state index in [1.54, 1.807) is 11.4 Å². The number of hydrogen-bond donors (Lipinski definition) is 1. The largest absolute Gasteiger partial charge is 0.342 e. The molecule has 31 heavy (non-hydrogen) atoms. The Hall–Kier alpha value is -2.36. The van der Waals surface area contributed by atoms with Crippen LogP contribution in [-0.4, -0.2) is 45.0 Å². The van der Waals surface area contributed by atoms with Gasteiger partial charge in [0.25, 0.3) is 5.91 Å². The Kier molecular flexibility index (Phi) is 6.94. The number of carbonyl (C=O) groups is 2. The van der Waals surface area contributed by atoms with Crippen molar-refractivity contribution in [1.82, 2.24) is 20.1 Å². The monoisotopic (exact) mass is 475 g/mol. The molecule has 10 heteroatoms. The van der Waals surface area contributed by atoms with Gasteiger partial charge in [-0.05, 0) is 30.9 Å². The molecular weight excluding hydrogens is 454 g/mol. The number of nitrogens with one attached hydrogen (secondary N) is 1. The number of carbonyl (C=O) groups excluding carboxylic acids is 2. The molecule has 162 valence electrons. The smallest absolute Gasteiger partial charge is 0.276 e. The van der Waals surface area contributed by atoms with Crippen molar-refractivity contribution in [1.29, 1.82) is 0 Å². The van der Waals surface area contributed by atoms with Gasteiger partial charge in [0.05, 0.1) is 11.4 Å². The molecule has 1 saturated heterocycles. The van der Waals surface area contributed by atoms with Crippen molar-refractivity contribution >= 4 is 51.2 Å². The van der Waals surface area contributed by atoms with Crippen molar-refractivity contribution in [2.45, 2.75) is 38.5 Å². The maximum absolute atomic E-state index is 12.6. The minimum atomic E-state index is -0.270. The fraction of sp³-hybridized carbons (Fsp3) is 0.381. The Morgan fingerprint density at radius 3 is 2.71 bits per heavy atom. The highest BCUT2D eigenvalue weighted by Gasteiger charge is 2.26. The minimum absolute atomic E-state index is 0.0919. The van der Waals surface area contributed by atoms with Crippen LogP contribution in [0.25, 0.3) is 0 Å². The van der Waals surface area contributed by atoms with Crippen LogP contribution in [0, 0.1) is 0 Å². The van der Waals surface area contributed by atoms with Crippen LogP contribution in [0.1, 0.15) is 51.8 Å². The molecule has 0 aliphatic carbocycles. The van der Waals surface area contributed by atoms with Crippen LogP contribution < -0.4 is 5.32 Å². The minimum Gasteiger partial charge on any atom is -0.342 e. The molecule has 0 atom stereocenters. The maximum Gasteiger partial charge on any atom is 0.276 e. The summed E-state index contributed by atoms with van der Waals surface area (Å²) in [4.78, 5) is 31.5. The number of thiazole rings is 1. The van der Waals surface area contributed by atoms with Crippen molar-refractivity contribution in [3.8, 4) is 0 Å². The molecule has 0 saturated carbocycles. The van der Waals surface area contributed by atoms with Gasteiger partial charge in [0.1, 0.15) is 10.7 Å². The standard InChI is InChI=1S/C21H22ClN5O2S2/c1-2-17-25-26-21(31-17)24-19(29)16-12-30-20(23-16)13-7-9-27(10-8-13)18(28)11-14-5-3-4-6-15(14)22/h3-6,12-13H,2,7-11H2,1H3,(H,24,26,29). The molecule has 0 spiro atoms. The van der Waals surface area contributed by atoms with Crippen LogP contribution in [0.3, 0.4) is 0 Å². The van der Waals surface area contributed by atoms with Crippen LogP contribution in [0.4, 0.5) is 5.13 Å². The highest BCUT2D eigenvalue weighted by Crippen LogP contribution is 2.31. The lowest BCUT2D eigenvalue weighted by Gasteiger charge is -2.31. The first-order valence-corrected chi connectivity index (χ1v) is 12.2. The maximum atomic E-state index is 12.6. The summed E-state index contributed by atoms with van der Waals surface area (Å²) in [6, 6.07) is 7.45. The van der Waals surface area contributed by atoms with Crippen LogP contribution in [0.5, 0.6) is 0 Å². The lowest BCUT2D eigenvalue weighted by atomic mass is 9.97. The number of rotatable bonds is 6. The van der Waals surface area contributed by atoms with Crippen LogP contribution in [-0.2, 0) is 17.6 Å². The van der Waals surface area contributed by atoms with E-state index in [0.717, 1.165) is 34.8 Å². The molecule has 0 radical (unpaired) electrons. The van der Waals surface area contributed by atoms with Crippen LogP contribution >= 0.6 is 34.3 Å². The Morgan fingerprint density at radius 1 is 1.23 bits per heavy atom. The quantitative estimate of drug-likeness (QED) is 0.570. The third-order valence-corrected chi connectivity index (χ3v) is 7.60. The van der Waals surface area contributed by atoms with E-state index >= 15 is 0 Å². The van der Waals surface area contributed by atoms with E-state index in [0.29, 0.717) is 35.4 Å². The topological polar surface area (TPSA) is 88.1 Å². The van der Waals surface area contributed by atoms with Crippen molar-refractivity contribution in [2.24, 2.45) is 0 Å². The molecule has 2 amide bonds. The average molecular weight is 476 g/mol. The zero-order valence-electron chi connectivity index (χ0n) is 17.0. The van der Waals surface area contributed by atoms with Crippen molar-refractivity contribution in [3.63, 3.8) is 0 Å². The summed E-state index contributed by atoms with van der Waals surface area (Å²) in [5.74, 6) is 0.0760. The molecule has 3 heterocycles. The number of anilines is 1. The van der Waals surface area contributed by atoms with E-state index in [9.17, 15) is 9.59 Å². The molecular formula is C21H22ClN5O2S2. The number of nitrogens with zero attached hydrogens (tertiary/aromatic N) is 4. The average Bonchev–Trinajstić information content (AvgIpc) is 3.45. The van der Waals surface area contributed by atoms with Gasteiger partial charge >= 0.3 is 0 Å². The Labute approximate surface area is 193 Å². The summed E-state index contributed by atoms with van der Waals surface area (Å²) >= 11 is 9.05. The van der Waals surface area contributed by atoms with E-state index in [2.05, 4.69) is 20.5 Å². The Morgan fingerprint density at radius 2 is 2.00 bits per heavy atom. The SMILES string of the molecule is CCc1nnc(NC(=O)c2csc(C3CCN(C(=O)Cc4ccccc4Cl)CC3)n2)s1. The van der Waals surface area contributed by atoms with Crippen molar-refractivity contribution < 1.29 is 9.59 Å². The van der Waals surface area contributed by atoms with Crippen molar-refractivity contribution in [2.75, 3.05) is 18.4 Å². The van der Waals surface area contributed by atoms with Crippen molar-refractivity contribution in [3.05, 3.63) is 55.9 Å². The summed E-state index contributed by atoms with van der Waals surface area (Å²) in [7, 11) is 0. The number of benzene rings is 1. The number of aryl methyl sites for hydroxylation is 1. The zero-order chi connectivity index (χ0) is 21.8. The summed E-state index contributed by atoms with van der Waals surface area (Å²) in [6.45, 7) is 3.35. The first kappa shape index (κ1) is 21.9. The van der Waals surface area contributed by atoms with Gasteiger partial charge in [-0.1, -0.05) is 48.1 Å². The second-order valence-electron chi connectivity index (χ2n) is 7.30. The van der Waals surface area contributed by atoms with Gasteiger partial charge in [0.15, 0.2) is 0 Å². The highest BCUT2D eigenvalue weighted by atomic mass is 35.5. The molecule has 0 bridgehead atoms. The van der Waals surface area contributed by atoms with Gasteiger partial charge in [0, 0.05) is 29.4 Å². The van der Waals surface area contributed by atoms with E-state index in [1.165, 1.54) is 22.7 Å². The first-order chi connectivity index (χ1) is 15.0. The third kappa shape index (κ3) is 5.28. The van der Waals surface area contributed by atoms with E-state index in [1.807, 2.05) is 30.0 Å². The van der Waals surface area contributed by atoms with E-state index in [-0.39, 0.29) is 17.7 Å². The normalized spacial score (nSPS) is 14.6. The van der Waals surface area contributed by atoms with Gasteiger partial charge in [-0.3, -0.25) is 14.9 Å². The van der Waals surface area contributed by atoms with Crippen LogP contribution in [0.2, 0.25) is 5.02 Å². The zero-order valence-corrected chi connectivity index (χ0v) is 19.4. The van der Waals surface area contributed by atoms with Crippen LogP contribution in [0.15, 0.2) is 29.6 Å².